The fourth-order valence-electron chi connectivity index (χ4n) is 0.527. The number of carboxylic acids is 1. The molecule has 54 valence electrons. The molecule has 0 aromatic heterocycles. The van der Waals surface area contributed by atoms with Crippen LogP contribution in [0.4, 0.5) is 0 Å². The molecule has 0 unspecified atom stereocenters. The molecule has 0 aliphatic heterocycles. The Hall–Kier alpha value is -0.570. The summed E-state index contributed by atoms with van der Waals surface area (Å²) in [6.07, 6.45) is 0.183. The van der Waals surface area contributed by atoms with Gasteiger partial charge >= 0.3 is 5.97 Å². The molecule has 0 saturated heterocycles. The topological polar surface area (TPSA) is 63.3 Å². The van der Waals surface area contributed by atoms with E-state index in [1.54, 1.807) is 13.8 Å². The molecule has 0 amide bonds. The largest absolute Gasteiger partial charge is 0.480 e. The summed E-state index contributed by atoms with van der Waals surface area (Å²) >= 11 is 0. The summed E-state index contributed by atoms with van der Waals surface area (Å²) in [6.45, 7) is 3.27. The summed E-state index contributed by atoms with van der Waals surface area (Å²) < 4.78 is 7.31. The van der Waals surface area contributed by atoms with E-state index in [0.717, 1.165) is 0 Å². The number of carbonyl (C=O) groups is 1. The second-order valence-electron chi connectivity index (χ2n) is 2.36. The molecule has 0 aliphatic carbocycles. The van der Waals surface area contributed by atoms with Crippen LogP contribution in [0, 0.1) is 5.89 Å². The van der Waals surface area contributed by atoms with E-state index in [1.807, 2.05) is 0 Å². The lowest BCUT2D eigenvalue weighted by atomic mass is 10.1. The second kappa shape index (κ2) is 3.45. The summed E-state index contributed by atoms with van der Waals surface area (Å²) in [6, 6.07) is -0.910. The first kappa shape index (κ1) is 6.55. The zero-order chi connectivity index (χ0) is 8.36. The average molecular weight is 132 g/mol. The van der Waals surface area contributed by atoms with E-state index in [1.165, 1.54) is 0 Å². The van der Waals surface area contributed by atoms with E-state index >= 15 is 0 Å². The van der Waals surface area contributed by atoms with Crippen molar-refractivity contribution in [3.63, 3.8) is 0 Å². The van der Waals surface area contributed by atoms with Crippen molar-refractivity contribution in [1.29, 1.82) is 0 Å². The Balaban J connectivity index is 3.80. The van der Waals surface area contributed by atoms with E-state index in [-0.39, 0.29) is 6.42 Å². The first-order chi connectivity index (χ1) is 4.33. The van der Waals surface area contributed by atoms with Crippen LogP contribution < -0.4 is 5.73 Å². The van der Waals surface area contributed by atoms with Crippen molar-refractivity contribution in [1.82, 2.24) is 0 Å². The van der Waals surface area contributed by atoms with E-state index < -0.39 is 17.9 Å². The molecule has 0 aliphatic rings. The van der Waals surface area contributed by atoms with Gasteiger partial charge in [-0.2, -0.15) is 0 Å². The molecule has 1 atom stereocenters. The summed E-state index contributed by atoms with van der Waals surface area (Å²) in [5.74, 6) is -1.79. The first-order valence-electron chi connectivity index (χ1n) is 3.31. The van der Waals surface area contributed by atoms with Gasteiger partial charge in [0.05, 0.1) is 0 Å². The van der Waals surface area contributed by atoms with Crippen LogP contribution in [0.2, 0.25) is 0 Å². The standard InChI is InChI=1S/C6H13NO2/c1-4(2)3-5(7)6(8)9/h4-5H,3,7H2,1-2H3,(H,8,9)/t5-/m0/s1/i4D. The summed E-state index contributed by atoms with van der Waals surface area (Å²) in [7, 11) is 0. The van der Waals surface area contributed by atoms with Gasteiger partial charge in [-0.1, -0.05) is 13.8 Å². The highest BCUT2D eigenvalue weighted by Gasteiger charge is 2.11. The van der Waals surface area contributed by atoms with Crippen LogP contribution in [0.15, 0.2) is 0 Å². The minimum Gasteiger partial charge on any atom is -0.480 e. The quantitative estimate of drug-likeness (QED) is 0.585. The fraction of sp³-hybridized carbons (Fsp3) is 0.833. The first-order valence-corrected chi connectivity index (χ1v) is 2.81. The normalized spacial score (nSPS) is 16.6. The highest BCUT2D eigenvalue weighted by molar-refractivity contribution is 5.72. The number of aliphatic carboxylic acids is 1. The molecule has 0 rings (SSSR count). The average Bonchev–Trinajstić information content (AvgIpc) is 1.60. The summed E-state index contributed by atoms with van der Waals surface area (Å²) in [5.41, 5.74) is 5.18. The Morgan fingerprint density at radius 2 is 2.33 bits per heavy atom. The van der Waals surface area contributed by atoms with Gasteiger partial charge in [0.25, 0.3) is 0 Å². The van der Waals surface area contributed by atoms with E-state index in [2.05, 4.69) is 0 Å². The van der Waals surface area contributed by atoms with E-state index in [4.69, 9.17) is 12.2 Å². The number of hydrogen-bond donors (Lipinski definition) is 2. The van der Waals surface area contributed by atoms with Crippen LogP contribution in [0.3, 0.4) is 0 Å². The van der Waals surface area contributed by atoms with Gasteiger partial charge in [0.2, 0.25) is 0 Å². The molecule has 0 bridgehead atoms. The van der Waals surface area contributed by atoms with Gasteiger partial charge < -0.3 is 10.8 Å². The molecule has 3 nitrogen and oxygen atoms in total. The molecule has 0 aromatic rings. The number of carboxylic acid groups (broad SMARTS) is 1. The van der Waals surface area contributed by atoms with Gasteiger partial charge in [0.15, 0.2) is 0 Å². The van der Waals surface area contributed by atoms with Crippen molar-refractivity contribution >= 4 is 5.97 Å². The maximum Gasteiger partial charge on any atom is 0.320 e. The van der Waals surface area contributed by atoms with Crippen molar-refractivity contribution in [3.05, 3.63) is 0 Å². The van der Waals surface area contributed by atoms with Gasteiger partial charge in [0.1, 0.15) is 6.04 Å². The lowest BCUT2D eigenvalue weighted by molar-refractivity contribution is -0.138. The Kier molecular flexibility index (Phi) is 2.51. The molecule has 0 aromatic carbocycles. The molecule has 0 saturated carbocycles. The van der Waals surface area contributed by atoms with Gasteiger partial charge in [-0.3, -0.25) is 4.79 Å². The van der Waals surface area contributed by atoms with Crippen molar-refractivity contribution in [2.45, 2.75) is 26.3 Å². The Bertz CT molecular complexity index is 130. The smallest absolute Gasteiger partial charge is 0.320 e. The zero-order valence-electron chi connectivity index (χ0n) is 6.72. The maximum absolute atomic E-state index is 10.2. The van der Waals surface area contributed by atoms with Gasteiger partial charge in [-0.05, 0) is 12.3 Å². The third-order valence-electron chi connectivity index (χ3n) is 0.945. The minimum absolute atomic E-state index is 0.183. The highest BCUT2D eigenvalue weighted by atomic mass is 16.4. The molecule has 9 heavy (non-hydrogen) atoms. The molecule has 0 spiro atoms. The van der Waals surface area contributed by atoms with Crippen LogP contribution in [0.25, 0.3) is 0 Å². The SMILES string of the molecule is [2H]C(C)(C)C[C@H](N)C(=O)O. The molecule has 0 heterocycles. The third-order valence-corrected chi connectivity index (χ3v) is 0.945. The van der Waals surface area contributed by atoms with Gasteiger partial charge in [0, 0.05) is 1.37 Å². The lowest BCUT2D eigenvalue weighted by Gasteiger charge is -2.07. The molecular weight excluding hydrogens is 118 g/mol. The lowest BCUT2D eigenvalue weighted by Crippen LogP contribution is -2.31. The van der Waals surface area contributed by atoms with E-state index in [0.29, 0.717) is 0 Å². The molecule has 3 N–H and O–H groups in total. The van der Waals surface area contributed by atoms with Crippen molar-refractivity contribution in [3.8, 4) is 0 Å². The molecule has 0 fully saturated rings. The van der Waals surface area contributed by atoms with Crippen LogP contribution in [0.5, 0.6) is 0 Å². The molecular formula is C6H13NO2. The van der Waals surface area contributed by atoms with Gasteiger partial charge in [-0.25, -0.2) is 0 Å². The Morgan fingerprint density at radius 1 is 1.89 bits per heavy atom. The fourth-order valence-corrected chi connectivity index (χ4v) is 0.527. The number of nitrogens with two attached hydrogens (primary N) is 1. The third kappa shape index (κ3) is 3.97. The number of rotatable bonds is 3. The summed E-state index contributed by atoms with van der Waals surface area (Å²) in [4.78, 5) is 10.2. The minimum atomic E-state index is -1.04. The Labute approximate surface area is 56.3 Å². The van der Waals surface area contributed by atoms with Crippen molar-refractivity contribution < 1.29 is 11.3 Å². The Morgan fingerprint density at radius 3 is 2.44 bits per heavy atom. The zero-order valence-corrected chi connectivity index (χ0v) is 5.72. The predicted octanol–water partition coefficient (Wildman–Crippen LogP) is 0.444. The van der Waals surface area contributed by atoms with Crippen molar-refractivity contribution in [2.75, 3.05) is 0 Å². The van der Waals surface area contributed by atoms with Crippen LogP contribution >= 0.6 is 0 Å². The molecule has 3 heteroatoms. The van der Waals surface area contributed by atoms with E-state index in [9.17, 15) is 4.79 Å². The van der Waals surface area contributed by atoms with Crippen molar-refractivity contribution in [2.24, 2.45) is 11.6 Å². The maximum atomic E-state index is 10.2. The van der Waals surface area contributed by atoms with Crippen LogP contribution in [0.1, 0.15) is 21.6 Å². The van der Waals surface area contributed by atoms with Crippen LogP contribution in [-0.4, -0.2) is 17.1 Å². The predicted molar refractivity (Wildman–Crippen MR) is 35.1 cm³/mol. The number of hydrogen-bond acceptors (Lipinski definition) is 2. The van der Waals surface area contributed by atoms with Gasteiger partial charge in [-0.15, -0.1) is 0 Å². The second-order valence-corrected chi connectivity index (χ2v) is 2.36. The molecule has 0 radical (unpaired) electrons. The van der Waals surface area contributed by atoms with Crippen LogP contribution in [-0.2, 0) is 4.79 Å². The highest BCUT2D eigenvalue weighted by Crippen LogP contribution is 2.01. The summed E-state index contributed by atoms with van der Waals surface area (Å²) in [5, 5.41) is 8.34. The monoisotopic (exact) mass is 132 g/mol.